The summed E-state index contributed by atoms with van der Waals surface area (Å²) in [6, 6.07) is 16.9. The second-order valence-corrected chi connectivity index (χ2v) is 21.0. The molecule has 0 N–H and O–H groups in total. The lowest BCUT2D eigenvalue weighted by molar-refractivity contribution is -0.318. The minimum absolute atomic E-state index is 0.0410. The van der Waals surface area contributed by atoms with Crippen molar-refractivity contribution in [1.29, 1.82) is 0 Å². The van der Waals surface area contributed by atoms with Crippen LogP contribution in [0.15, 0.2) is 91.0 Å². The quantitative estimate of drug-likeness (QED) is 0.118. The molecule has 2 aromatic carbocycles. The summed E-state index contributed by atoms with van der Waals surface area (Å²) in [6.07, 6.45) is -2.97. The molecule has 3 aromatic rings. The normalized spacial score (nSPS) is 36.1. The molecule has 74 heavy (non-hydrogen) atoms. The van der Waals surface area contributed by atoms with E-state index in [1.54, 1.807) is 103 Å². The van der Waals surface area contributed by atoms with Crippen molar-refractivity contribution in [2.45, 2.75) is 173 Å². The average Bonchev–Trinajstić information content (AvgIpc) is 3.93. The number of carbonyl (C=O) groups is 5. The third kappa shape index (κ3) is 13.2. The van der Waals surface area contributed by atoms with Crippen LogP contribution < -0.4 is 0 Å². The number of cyclic esters (lactones) is 1. The van der Waals surface area contributed by atoms with Crippen molar-refractivity contribution in [3.8, 4) is 0 Å². The second kappa shape index (κ2) is 24.6. The number of hydrogen-bond donors (Lipinski definition) is 0. The smallest absolute Gasteiger partial charge is 0.420 e. The Hall–Kier alpha value is -5.34. The maximum atomic E-state index is 15.1. The standard InChI is InChI=1S/C56H77N3O15/c1-15-42-54(8,74-53(64)59-27-26-57-32-59)29-33(2)44(60)34(3)30-55(9,65-13)47(73-52-46(41(58(11)12)28-35(4)67-52)71-50(62)39-22-18-16-19-23-39)36(5)45(37(6)49(61)69-42)70-43-31-56(10,66-14)48(38(7)68-43)72-51(63)40-24-20-17-21-25-40/h16-27,29,32,34-38,41-43,45-48,52H,15,28,30-31H2,1-14H3/b33-29+/t34-,35-,36+,37-,38+,41+,42?,43+,45?,46-,47-,48+,52+,54+,55-,56-/m1/s1. The monoisotopic (exact) mass is 1030 g/mol. The van der Waals surface area contributed by atoms with E-state index in [1.165, 1.54) is 39.0 Å². The van der Waals surface area contributed by atoms with Gasteiger partial charge in [-0.05, 0) is 118 Å². The summed E-state index contributed by atoms with van der Waals surface area (Å²) in [4.78, 5) is 76.8. The predicted molar refractivity (Wildman–Crippen MR) is 271 cm³/mol. The topological polar surface area (TPSA) is 199 Å². The van der Waals surface area contributed by atoms with Crippen LogP contribution in [0.5, 0.6) is 0 Å². The number of esters is 3. The molecule has 406 valence electrons. The molecule has 0 aliphatic carbocycles. The van der Waals surface area contributed by atoms with Gasteiger partial charge in [-0.25, -0.2) is 23.9 Å². The van der Waals surface area contributed by atoms with Crippen LogP contribution in [0.1, 0.15) is 116 Å². The van der Waals surface area contributed by atoms with Crippen LogP contribution in [0.3, 0.4) is 0 Å². The summed E-state index contributed by atoms with van der Waals surface area (Å²) in [5, 5.41) is 0. The number of ether oxygens (including phenoxy) is 10. The van der Waals surface area contributed by atoms with Crippen LogP contribution in [0.4, 0.5) is 4.79 Å². The van der Waals surface area contributed by atoms with E-state index in [-0.39, 0.29) is 42.8 Å². The Morgan fingerprint density at radius 3 is 1.95 bits per heavy atom. The Kier molecular flexibility index (Phi) is 19.2. The fourth-order valence-electron chi connectivity index (χ4n) is 10.8. The number of methoxy groups -OCH3 is 2. The predicted octanol–water partition coefficient (Wildman–Crippen LogP) is 8.01. The molecule has 18 nitrogen and oxygen atoms in total. The number of ketones is 1. The van der Waals surface area contributed by atoms with Gasteiger partial charge in [-0.2, -0.15) is 0 Å². The number of rotatable bonds is 13. The number of allylic oxidation sites excluding steroid dienone is 1. The van der Waals surface area contributed by atoms with E-state index < -0.39 is 108 Å². The van der Waals surface area contributed by atoms with Gasteiger partial charge in [0, 0.05) is 44.9 Å². The molecule has 1 aromatic heterocycles. The molecule has 0 bridgehead atoms. The summed E-state index contributed by atoms with van der Waals surface area (Å²) < 4.78 is 66.4. The molecular formula is C56H77N3O15. The Morgan fingerprint density at radius 1 is 0.797 bits per heavy atom. The van der Waals surface area contributed by atoms with Gasteiger partial charge in [0.1, 0.15) is 18.0 Å². The highest BCUT2D eigenvalue weighted by atomic mass is 16.7. The Balaban J connectivity index is 1.47. The first-order valence-electron chi connectivity index (χ1n) is 25.5. The van der Waals surface area contributed by atoms with Crippen molar-refractivity contribution in [2.75, 3.05) is 28.3 Å². The molecule has 3 aliphatic heterocycles. The van der Waals surface area contributed by atoms with Crippen LogP contribution in [-0.4, -0.2) is 151 Å². The number of imidazole rings is 1. The van der Waals surface area contributed by atoms with Gasteiger partial charge in [0.05, 0.1) is 53.1 Å². The lowest BCUT2D eigenvalue weighted by atomic mass is 9.76. The van der Waals surface area contributed by atoms with Crippen LogP contribution >= 0.6 is 0 Å². The Bertz CT molecular complexity index is 2400. The molecule has 0 amide bonds. The third-order valence-electron chi connectivity index (χ3n) is 15.0. The zero-order chi connectivity index (χ0) is 54.3. The largest absolute Gasteiger partial charge is 0.457 e. The highest BCUT2D eigenvalue weighted by Gasteiger charge is 2.54. The molecule has 0 radical (unpaired) electrons. The van der Waals surface area contributed by atoms with Crippen molar-refractivity contribution in [3.63, 3.8) is 0 Å². The summed E-state index contributed by atoms with van der Waals surface area (Å²) in [6.45, 7) is 17.6. The van der Waals surface area contributed by atoms with Crippen molar-refractivity contribution in [3.05, 3.63) is 102 Å². The van der Waals surface area contributed by atoms with E-state index in [4.69, 9.17) is 47.4 Å². The van der Waals surface area contributed by atoms with Gasteiger partial charge in [0.2, 0.25) is 0 Å². The minimum atomic E-state index is -1.66. The highest BCUT2D eigenvalue weighted by molar-refractivity contribution is 5.96. The molecule has 4 heterocycles. The van der Waals surface area contributed by atoms with Gasteiger partial charge in [0.15, 0.2) is 36.2 Å². The molecule has 2 unspecified atom stereocenters. The third-order valence-corrected chi connectivity index (χ3v) is 15.0. The van der Waals surface area contributed by atoms with E-state index in [0.29, 0.717) is 17.5 Å². The van der Waals surface area contributed by atoms with Gasteiger partial charge >= 0.3 is 24.0 Å². The first kappa shape index (κ1) is 57.9. The van der Waals surface area contributed by atoms with Crippen LogP contribution in [0, 0.1) is 17.8 Å². The van der Waals surface area contributed by atoms with E-state index in [9.17, 15) is 19.2 Å². The zero-order valence-corrected chi connectivity index (χ0v) is 45.4. The molecule has 2 fully saturated rings. The maximum absolute atomic E-state index is 15.1. The van der Waals surface area contributed by atoms with Gasteiger partial charge in [0.25, 0.3) is 0 Å². The van der Waals surface area contributed by atoms with Crippen LogP contribution in [0.2, 0.25) is 0 Å². The SMILES string of the molecule is CCC1OC(=O)[C@H](C)C(O[C@H]2C[C@@](C)(OC)[C@@H](OC(=O)c3ccccc3)[C@H](C)O2)[C@H](C)[C@@H](O[C@@H]2O[C@H](C)C[C@H](N(C)C)[C@H]2OC(=O)c2ccccc2)[C@](C)(OC)C[C@@H](C)C(=O)/C(C)=C/[C@]1(C)OC(=O)n1ccnc1. The number of benzene rings is 2. The van der Waals surface area contributed by atoms with Crippen molar-refractivity contribution >= 4 is 29.8 Å². The number of aromatic nitrogens is 2. The fourth-order valence-corrected chi connectivity index (χ4v) is 10.8. The van der Waals surface area contributed by atoms with Crippen molar-refractivity contribution in [1.82, 2.24) is 14.5 Å². The average molecular weight is 1030 g/mol. The van der Waals surface area contributed by atoms with Gasteiger partial charge < -0.3 is 52.3 Å². The van der Waals surface area contributed by atoms with E-state index >= 15 is 4.79 Å². The van der Waals surface area contributed by atoms with Gasteiger partial charge in [-0.1, -0.05) is 57.2 Å². The van der Waals surface area contributed by atoms with Crippen LogP contribution in [0.25, 0.3) is 0 Å². The van der Waals surface area contributed by atoms with E-state index in [1.807, 2.05) is 45.8 Å². The molecule has 6 rings (SSSR count). The van der Waals surface area contributed by atoms with E-state index in [2.05, 4.69) is 4.98 Å². The molecule has 16 atom stereocenters. The number of nitrogens with zero attached hydrogens (tertiary/aromatic N) is 3. The van der Waals surface area contributed by atoms with Gasteiger partial charge in [-0.3, -0.25) is 9.59 Å². The first-order chi connectivity index (χ1) is 35.0. The summed E-state index contributed by atoms with van der Waals surface area (Å²) >= 11 is 0. The van der Waals surface area contributed by atoms with Gasteiger partial charge in [-0.15, -0.1) is 0 Å². The van der Waals surface area contributed by atoms with Crippen molar-refractivity contribution < 1.29 is 71.3 Å². The zero-order valence-electron chi connectivity index (χ0n) is 45.4. The first-order valence-corrected chi connectivity index (χ1v) is 25.5. The highest BCUT2D eigenvalue weighted by Crippen LogP contribution is 2.42. The number of Topliss-reactive ketones (excluding diaryl/α,β-unsaturated/α-hetero) is 1. The lowest BCUT2D eigenvalue weighted by Crippen LogP contribution is -2.61. The maximum Gasteiger partial charge on any atom is 0.420 e. The summed E-state index contributed by atoms with van der Waals surface area (Å²) in [7, 11) is 6.83. The second-order valence-electron chi connectivity index (χ2n) is 21.0. The fraction of sp³-hybridized carbons (Fsp3) is 0.607. The molecule has 0 spiro atoms. The van der Waals surface area contributed by atoms with E-state index in [0.717, 1.165) is 4.57 Å². The molecule has 0 saturated carbocycles. The number of carbonyl (C=O) groups excluding carboxylic acids is 5. The Labute approximate surface area is 435 Å². The lowest BCUT2D eigenvalue weighted by Gasteiger charge is -2.50. The summed E-state index contributed by atoms with van der Waals surface area (Å²) in [5.74, 6) is -4.85. The molecule has 18 heteroatoms. The minimum Gasteiger partial charge on any atom is -0.457 e. The molecule has 3 aliphatic rings. The summed E-state index contributed by atoms with van der Waals surface area (Å²) in [5.41, 5.74) is -3.23. The number of hydrogen-bond acceptors (Lipinski definition) is 17. The Morgan fingerprint density at radius 2 is 1.39 bits per heavy atom. The molecule has 2 saturated heterocycles. The van der Waals surface area contributed by atoms with Crippen LogP contribution in [-0.2, 0) is 57.0 Å². The number of likely N-dealkylation sites (N-methyl/N-ethyl adjacent to an activating group) is 1. The van der Waals surface area contributed by atoms with Crippen molar-refractivity contribution in [2.24, 2.45) is 17.8 Å². The molecular weight excluding hydrogens is 955 g/mol.